The molecular formula is C28H27N3O3. The van der Waals surface area contributed by atoms with Crippen LogP contribution in [0.4, 0.5) is 0 Å². The monoisotopic (exact) mass is 453 g/mol. The summed E-state index contributed by atoms with van der Waals surface area (Å²) in [4.78, 5) is 6.25. The minimum absolute atomic E-state index is 0.643. The van der Waals surface area contributed by atoms with E-state index in [1.165, 1.54) is 5.56 Å². The Kier molecular flexibility index (Phi) is 6.14. The van der Waals surface area contributed by atoms with E-state index >= 15 is 0 Å². The van der Waals surface area contributed by atoms with Crippen molar-refractivity contribution in [2.75, 3.05) is 27.2 Å². The van der Waals surface area contributed by atoms with Gasteiger partial charge in [0.05, 0.1) is 5.71 Å². The van der Waals surface area contributed by atoms with Crippen LogP contribution in [0.3, 0.4) is 0 Å². The fourth-order valence-corrected chi connectivity index (χ4v) is 4.27. The van der Waals surface area contributed by atoms with Crippen LogP contribution in [0.1, 0.15) is 17.5 Å². The Balaban J connectivity index is 1.50. The molecule has 1 aliphatic rings. The number of furan rings is 1. The fraction of sp³-hybridized carbons (Fsp3) is 0.214. The molecule has 1 N–H and O–H groups in total. The number of aromatic nitrogens is 1. The molecule has 0 radical (unpaired) electrons. The lowest BCUT2D eigenvalue weighted by molar-refractivity contribution is 0.261. The Morgan fingerprint density at radius 3 is 2.41 bits per heavy atom. The van der Waals surface area contributed by atoms with Gasteiger partial charge in [0.2, 0.25) is 0 Å². The lowest BCUT2D eigenvalue weighted by Crippen LogP contribution is -2.19. The van der Waals surface area contributed by atoms with Crippen molar-refractivity contribution in [3.8, 4) is 39.5 Å². The highest BCUT2D eigenvalue weighted by Gasteiger charge is 2.21. The number of ether oxygens (including phenoxy) is 1. The van der Waals surface area contributed by atoms with Crippen molar-refractivity contribution in [3.63, 3.8) is 0 Å². The largest absolute Gasteiger partial charge is 0.492 e. The molecule has 2 heterocycles. The first-order valence-electron chi connectivity index (χ1n) is 11.4. The van der Waals surface area contributed by atoms with Crippen molar-refractivity contribution in [1.82, 2.24) is 9.88 Å². The van der Waals surface area contributed by atoms with Gasteiger partial charge in [-0.15, -0.1) is 0 Å². The summed E-state index contributed by atoms with van der Waals surface area (Å²) in [6.45, 7) is 1.51. The Labute approximate surface area is 199 Å². The maximum absolute atomic E-state index is 9.27. The molecule has 4 aromatic rings. The van der Waals surface area contributed by atoms with E-state index in [1.54, 1.807) is 12.4 Å². The Hall–Kier alpha value is -3.90. The van der Waals surface area contributed by atoms with E-state index in [0.717, 1.165) is 70.2 Å². The summed E-state index contributed by atoms with van der Waals surface area (Å²) < 4.78 is 12.2. The molecule has 34 heavy (non-hydrogen) atoms. The van der Waals surface area contributed by atoms with E-state index in [0.29, 0.717) is 6.61 Å². The van der Waals surface area contributed by atoms with Crippen LogP contribution in [0.25, 0.3) is 33.8 Å². The summed E-state index contributed by atoms with van der Waals surface area (Å²) >= 11 is 0. The second-order valence-corrected chi connectivity index (χ2v) is 8.68. The highest BCUT2D eigenvalue weighted by Crippen LogP contribution is 2.40. The van der Waals surface area contributed by atoms with Gasteiger partial charge in [0.1, 0.15) is 23.9 Å². The van der Waals surface area contributed by atoms with E-state index < -0.39 is 0 Å². The molecule has 172 valence electrons. The highest BCUT2D eigenvalue weighted by molar-refractivity contribution is 6.04. The lowest BCUT2D eigenvalue weighted by Gasteiger charge is -2.11. The van der Waals surface area contributed by atoms with Crippen molar-refractivity contribution in [3.05, 3.63) is 84.2 Å². The Morgan fingerprint density at radius 1 is 0.912 bits per heavy atom. The third-order valence-electron chi connectivity index (χ3n) is 6.10. The van der Waals surface area contributed by atoms with Gasteiger partial charge in [-0.25, -0.2) is 0 Å². The zero-order valence-corrected chi connectivity index (χ0v) is 19.4. The third-order valence-corrected chi connectivity index (χ3v) is 6.10. The molecule has 2 aromatic carbocycles. The molecule has 0 unspecified atom stereocenters. The number of likely N-dealkylation sites (N-methyl/N-ethyl adjacent to an activating group) is 1. The smallest absolute Gasteiger partial charge is 0.142 e. The first kappa shape index (κ1) is 21.9. The SMILES string of the molecule is CN(C)CCOc1ccc(-c2cc(-c3ccc4c(c3)CCC4=NO)c(-c3ccncc3)o2)cc1. The number of fused-ring (bicyclic) bond motifs is 1. The van der Waals surface area contributed by atoms with Crippen molar-refractivity contribution in [2.24, 2.45) is 5.16 Å². The number of aryl methyl sites for hydroxylation is 1. The van der Waals surface area contributed by atoms with Crippen LogP contribution in [0.5, 0.6) is 5.75 Å². The van der Waals surface area contributed by atoms with Gasteiger partial charge in [0.25, 0.3) is 0 Å². The maximum Gasteiger partial charge on any atom is 0.142 e. The Morgan fingerprint density at radius 2 is 1.68 bits per heavy atom. The summed E-state index contributed by atoms with van der Waals surface area (Å²) in [6, 6.07) is 20.3. The van der Waals surface area contributed by atoms with Crippen LogP contribution < -0.4 is 4.74 Å². The van der Waals surface area contributed by atoms with Crippen LogP contribution in [-0.2, 0) is 6.42 Å². The van der Waals surface area contributed by atoms with E-state index in [9.17, 15) is 5.21 Å². The third kappa shape index (κ3) is 4.45. The van der Waals surface area contributed by atoms with Crippen LogP contribution in [-0.4, -0.2) is 48.0 Å². The summed E-state index contributed by atoms with van der Waals surface area (Å²) in [7, 11) is 4.06. The molecule has 5 rings (SSSR count). The van der Waals surface area contributed by atoms with Crippen LogP contribution in [0.15, 0.2) is 82.6 Å². The van der Waals surface area contributed by atoms with Crippen molar-refractivity contribution in [1.29, 1.82) is 0 Å². The molecule has 0 bridgehead atoms. The standard InChI is InChI=1S/C28H27N3O3/c1-31(2)15-16-33-23-7-3-19(4-8-23)27-18-25(28(34-27)20-11-13-29-14-12-20)22-5-9-24-21(17-22)6-10-26(24)30-32/h3-5,7-9,11-14,17-18,32H,6,10,15-16H2,1-2H3. The number of oxime groups is 1. The van der Waals surface area contributed by atoms with Gasteiger partial charge in [-0.05, 0) is 80.5 Å². The number of pyridine rings is 1. The van der Waals surface area contributed by atoms with Gasteiger partial charge in [-0.1, -0.05) is 23.4 Å². The topological polar surface area (TPSA) is 71.1 Å². The zero-order chi connectivity index (χ0) is 23.5. The van der Waals surface area contributed by atoms with E-state index in [1.807, 2.05) is 56.6 Å². The van der Waals surface area contributed by atoms with Crippen LogP contribution in [0.2, 0.25) is 0 Å². The van der Waals surface area contributed by atoms with Gasteiger partial charge in [-0.3, -0.25) is 4.98 Å². The average Bonchev–Trinajstić information content (AvgIpc) is 3.49. The van der Waals surface area contributed by atoms with Gasteiger partial charge in [0.15, 0.2) is 0 Å². The second kappa shape index (κ2) is 9.53. The van der Waals surface area contributed by atoms with Gasteiger partial charge < -0.3 is 19.3 Å². The van der Waals surface area contributed by atoms with E-state index in [4.69, 9.17) is 9.15 Å². The highest BCUT2D eigenvalue weighted by atomic mass is 16.5. The molecule has 0 amide bonds. The molecule has 0 saturated heterocycles. The first-order valence-corrected chi connectivity index (χ1v) is 11.4. The first-order chi connectivity index (χ1) is 16.6. The maximum atomic E-state index is 9.27. The predicted octanol–water partition coefficient (Wildman–Crippen LogP) is 5.74. The summed E-state index contributed by atoms with van der Waals surface area (Å²) in [5.41, 5.74) is 7.00. The normalized spacial score (nSPS) is 14.0. The fourth-order valence-electron chi connectivity index (χ4n) is 4.27. The zero-order valence-electron chi connectivity index (χ0n) is 19.4. The molecule has 0 atom stereocenters. The molecule has 6 heteroatoms. The molecule has 0 fully saturated rings. The summed E-state index contributed by atoms with van der Waals surface area (Å²) in [5.74, 6) is 2.43. The number of hydrogen-bond donors (Lipinski definition) is 1. The van der Waals surface area contributed by atoms with E-state index in [2.05, 4.69) is 33.2 Å². The molecular weight excluding hydrogens is 426 g/mol. The van der Waals surface area contributed by atoms with E-state index in [-0.39, 0.29) is 0 Å². The number of benzene rings is 2. The van der Waals surface area contributed by atoms with Crippen molar-refractivity contribution < 1.29 is 14.4 Å². The Bertz CT molecular complexity index is 1310. The number of rotatable bonds is 7. The summed E-state index contributed by atoms with van der Waals surface area (Å²) in [5, 5.41) is 12.7. The number of hydrogen-bond acceptors (Lipinski definition) is 6. The second-order valence-electron chi connectivity index (χ2n) is 8.68. The molecule has 0 aliphatic heterocycles. The average molecular weight is 454 g/mol. The van der Waals surface area contributed by atoms with Crippen LogP contribution >= 0.6 is 0 Å². The molecule has 0 saturated carbocycles. The quantitative estimate of drug-likeness (QED) is 0.285. The lowest BCUT2D eigenvalue weighted by atomic mass is 9.98. The van der Waals surface area contributed by atoms with Gasteiger partial charge in [0, 0.05) is 41.2 Å². The predicted molar refractivity (Wildman–Crippen MR) is 134 cm³/mol. The minimum Gasteiger partial charge on any atom is -0.492 e. The van der Waals surface area contributed by atoms with Crippen molar-refractivity contribution in [2.45, 2.75) is 12.8 Å². The molecule has 2 aromatic heterocycles. The van der Waals surface area contributed by atoms with Gasteiger partial charge in [-0.2, -0.15) is 0 Å². The molecule has 6 nitrogen and oxygen atoms in total. The van der Waals surface area contributed by atoms with Crippen LogP contribution in [0, 0.1) is 0 Å². The van der Waals surface area contributed by atoms with Gasteiger partial charge >= 0.3 is 0 Å². The molecule has 1 aliphatic carbocycles. The molecule has 0 spiro atoms. The number of nitrogens with zero attached hydrogens (tertiary/aromatic N) is 3. The minimum atomic E-state index is 0.643. The summed E-state index contributed by atoms with van der Waals surface area (Å²) in [6.07, 6.45) is 5.17. The van der Waals surface area contributed by atoms with Crippen molar-refractivity contribution >= 4 is 5.71 Å².